The predicted octanol–water partition coefficient (Wildman–Crippen LogP) is 3.09. The molecule has 0 N–H and O–H groups in total. The number of fused-ring (bicyclic) bond motifs is 1. The van der Waals surface area contributed by atoms with Gasteiger partial charge in [0.25, 0.3) is 0 Å². The fourth-order valence-corrected chi connectivity index (χ4v) is 2.97. The molecule has 4 rings (SSSR count). The van der Waals surface area contributed by atoms with Gasteiger partial charge in [0.05, 0.1) is 12.7 Å². The molecule has 0 spiro atoms. The largest absolute Gasteiger partial charge is 0.488 e. The van der Waals surface area contributed by atoms with E-state index in [2.05, 4.69) is 10.1 Å². The van der Waals surface area contributed by atoms with Crippen LogP contribution in [0.1, 0.15) is 15.9 Å². The number of benzene rings is 2. The summed E-state index contributed by atoms with van der Waals surface area (Å²) in [7, 11) is 2.91. The third kappa shape index (κ3) is 3.64. The summed E-state index contributed by atoms with van der Waals surface area (Å²) in [5.41, 5.74) is 0.600. The van der Waals surface area contributed by atoms with Crippen molar-refractivity contribution in [2.45, 2.75) is 6.61 Å². The monoisotopic (exact) mass is 409 g/mol. The zero-order chi connectivity index (χ0) is 21.3. The molecule has 0 aliphatic heterocycles. The summed E-state index contributed by atoms with van der Waals surface area (Å²) < 4.78 is 31.0. The van der Waals surface area contributed by atoms with E-state index in [0.29, 0.717) is 11.4 Å². The van der Waals surface area contributed by atoms with Gasteiger partial charge in [0.2, 0.25) is 0 Å². The van der Waals surface area contributed by atoms with Crippen LogP contribution in [-0.4, -0.2) is 27.8 Å². The lowest BCUT2D eigenvalue weighted by molar-refractivity contribution is 0.0600. The fourth-order valence-electron chi connectivity index (χ4n) is 2.97. The van der Waals surface area contributed by atoms with Gasteiger partial charge in [-0.15, -0.1) is 0 Å². The molecule has 152 valence electrons. The van der Waals surface area contributed by atoms with Crippen LogP contribution >= 0.6 is 0 Å². The molecular formula is C21H16FN3O5. The van der Waals surface area contributed by atoms with E-state index in [0.717, 1.165) is 0 Å². The van der Waals surface area contributed by atoms with Crippen molar-refractivity contribution in [3.8, 4) is 17.3 Å². The first-order valence-corrected chi connectivity index (χ1v) is 8.88. The van der Waals surface area contributed by atoms with E-state index in [1.165, 1.54) is 48.5 Å². The van der Waals surface area contributed by atoms with Crippen LogP contribution < -0.4 is 10.2 Å². The first kappa shape index (κ1) is 19.3. The molecule has 4 aromatic rings. The lowest BCUT2D eigenvalue weighted by Gasteiger charge is -2.11. The lowest BCUT2D eigenvalue weighted by Crippen LogP contribution is -2.09. The molecule has 0 aliphatic rings. The van der Waals surface area contributed by atoms with E-state index >= 15 is 0 Å². The molecule has 30 heavy (non-hydrogen) atoms. The summed E-state index contributed by atoms with van der Waals surface area (Å²) >= 11 is 0. The van der Waals surface area contributed by atoms with E-state index in [-0.39, 0.29) is 45.9 Å². The van der Waals surface area contributed by atoms with Gasteiger partial charge in [-0.05, 0) is 29.8 Å². The van der Waals surface area contributed by atoms with Crippen molar-refractivity contribution in [3.05, 3.63) is 76.0 Å². The van der Waals surface area contributed by atoms with Crippen molar-refractivity contribution < 1.29 is 23.1 Å². The maximum atomic E-state index is 13.1. The smallest absolute Gasteiger partial charge is 0.338 e. The number of ether oxygens (including phenoxy) is 2. The van der Waals surface area contributed by atoms with Crippen LogP contribution in [-0.2, 0) is 18.4 Å². The topological polar surface area (TPSA) is 96.5 Å². The van der Waals surface area contributed by atoms with Gasteiger partial charge in [-0.1, -0.05) is 12.1 Å². The Morgan fingerprint density at radius 2 is 1.97 bits per heavy atom. The Hall–Kier alpha value is -4.01. The average molecular weight is 409 g/mol. The highest BCUT2D eigenvalue weighted by Crippen LogP contribution is 2.29. The lowest BCUT2D eigenvalue weighted by atomic mass is 10.1. The Kier molecular flexibility index (Phi) is 5.01. The standard InChI is InChI=1S/C21H16FN3O5/c1-25-20(23-11-24-25)18-9-15(26)19-16(29-10-12-3-5-14(22)6-4-12)7-13(21(27)28-2)8-17(19)30-18/h3-9,11H,10H2,1-2H3. The van der Waals surface area contributed by atoms with Gasteiger partial charge >= 0.3 is 5.97 Å². The van der Waals surface area contributed by atoms with Crippen molar-refractivity contribution in [3.63, 3.8) is 0 Å². The normalized spacial score (nSPS) is 10.9. The molecule has 0 fully saturated rings. The molecule has 2 aromatic carbocycles. The van der Waals surface area contributed by atoms with E-state index in [9.17, 15) is 14.0 Å². The van der Waals surface area contributed by atoms with Gasteiger partial charge in [0.1, 0.15) is 35.5 Å². The summed E-state index contributed by atoms with van der Waals surface area (Å²) in [6.45, 7) is 0.0600. The van der Waals surface area contributed by atoms with Gasteiger partial charge in [0, 0.05) is 13.1 Å². The molecule has 0 amide bonds. The van der Waals surface area contributed by atoms with Gasteiger partial charge in [-0.2, -0.15) is 5.10 Å². The summed E-state index contributed by atoms with van der Waals surface area (Å²) in [5, 5.41) is 4.13. The second kappa shape index (κ2) is 7.78. The van der Waals surface area contributed by atoms with E-state index in [1.54, 1.807) is 19.2 Å². The second-order valence-corrected chi connectivity index (χ2v) is 6.44. The van der Waals surface area contributed by atoms with Gasteiger partial charge in [-0.25, -0.2) is 18.9 Å². The summed E-state index contributed by atoms with van der Waals surface area (Å²) in [6, 6.07) is 9.86. The molecular weight excluding hydrogens is 393 g/mol. The first-order chi connectivity index (χ1) is 14.5. The number of rotatable bonds is 5. The SMILES string of the molecule is COC(=O)c1cc(OCc2ccc(F)cc2)c2c(=O)cc(-c3ncnn3C)oc2c1. The number of esters is 1. The molecule has 8 nitrogen and oxygen atoms in total. The highest BCUT2D eigenvalue weighted by Gasteiger charge is 2.18. The summed E-state index contributed by atoms with van der Waals surface area (Å²) in [4.78, 5) is 29.1. The van der Waals surface area contributed by atoms with Crippen molar-refractivity contribution >= 4 is 16.9 Å². The number of carbonyl (C=O) groups is 1. The van der Waals surface area contributed by atoms with Crippen molar-refractivity contribution in [1.29, 1.82) is 0 Å². The molecule has 0 bridgehead atoms. The zero-order valence-electron chi connectivity index (χ0n) is 16.1. The minimum Gasteiger partial charge on any atom is -0.488 e. The quantitative estimate of drug-likeness (QED) is 0.467. The van der Waals surface area contributed by atoms with Crippen LogP contribution in [0, 0.1) is 5.82 Å². The van der Waals surface area contributed by atoms with Crippen molar-refractivity contribution in [2.24, 2.45) is 7.05 Å². The van der Waals surface area contributed by atoms with E-state index in [4.69, 9.17) is 13.9 Å². The number of hydrogen-bond acceptors (Lipinski definition) is 7. The molecule has 0 unspecified atom stereocenters. The van der Waals surface area contributed by atoms with Crippen LogP contribution in [0.25, 0.3) is 22.6 Å². The average Bonchev–Trinajstić information content (AvgIpc) is 3.17. The first-order valence-electron chi connectivity index (χ1n) is 8.88. The maximum absolute atomic E-state index is 13.1. The second-order valence-electron chi connectivity index (χ2n) is 6.44. The Balaban J connectivity index is 1.83. The molecule has 2 aromatic heterocycles. The number of nitrogens with zero attached hydrogens (tertiary/aromatic N) is 3. The van der Waals surface area contributed by atoms with E-state index in [1.807, 2.05) is 0 Å². The van der Waals surface area contributed by atoms with Crippen LogP contribution in [0.5, 0.6) is 5.75 Å². The Bertz CT molecular complexity index is 1290. The molecule has 0 atom stereocenters. The molecule has 0 aliphatic carbocycles. The summed E-state index contributed by atoms with van der Waals surface area (Å²) in [5.74, 6) is -0.287. The van der Waals surface area contributed by atoms with Crippen molar-refractivity contribution in [1.82, 2.24) is 14.8 Å². The number of halogens is 1. The maximum Gasteiger partial charge on any atom is 0.338 e. The predicted molar refractivity (Wildman–Crippen MR) is 105 cm³/mol. The highest BCUT2D eigenvalue weighted by molar-refractivity contribution is 5.96. The van der Waals surface area contributed by atoms with E-state index < -0.39 is 5.97 Å². The number of hydrogen-bond donors (Lipinski definition) is 0. The molecule has 0 saturated heterocycles. The van der Waals surface area contributed by atoms with Crippen LogP contribution in [0.3, 0.4) is 0 Å². The van der Waals surface area contributed by atoms with Crippen LogP contribution in [0.4, 0.5) is 4.39 Å². The third-order valence-corrected chi connectivity index (χ3v) is 4.45. The molecule has 9 heteroatoms. The zero-order valence-corrected chi connectivity index (χ0v) is 16.1. The van der Waals surface area contributed by atoms with Gasteiger partial charge in [0.15, 0.2) is 17.0 Å². The summed E-state index contributed by atoms with van der Waals surface area (Å²) in [6.07, 6.45) is 1.33. The van der Waals surface area contributed by atoms with Gasteiger partial charge < -0.3 is 13.9 Å². The van der Waals surface area contributed by atoms with Gasteiger partial charge in [-0.3, -0.25) is 4.79 Å². The Morgan fingerprint density at radius 3 is 2.63 bits per heavy atom. The highest BCUT2D eigenvalue weighted by atomic mass is 19.1. The Morgan fingerprint density at radius 1 is 1.20 bits per heavy atom. The number of aromatic nitrogens is 3. The molecule has 0 saturated carbocycles. The number of methoxy groups -OCH3 is 1. The number of aryl methyl sites for hydroxylation is 1. The minimum atomic E-state index is -0.616. The van der Waals surface area contributed by atoms with Crippen LogP contribution in [0.2, 0.25) is 0 Å². The number of carbonyl (C=O) groups excluding carboxylic acids is 1. The van der Waals surface area contributed by atoms with Crippen LogP contribution in [0.15, 0.2) is 58.0 Å². The Labute approximate surface area is 169 Å². The molecule has 2 heterocycles. The molecule has 0 radical (unpaired) electrons. The third-order valence-electron chi connectivity index (χ3n) is 4.45. The fraction of sp³-hybridized carbons (Fsp3) is 0.143. The minimum absolute atomic E-state index is 0.0600. The van der Waals surface area contributed by atoms with Crippen molar-refractivity contribution in [2.75, 3.05) is 7.11 Å².